The third-order valence-corrected chi connectivity index (χ3v) is 6.37. The van der Waals surface area contributed by atoms with Crippen molar-refractivity contribution in [2.45, 2.75) is 32.4 Å². The van der Waals surface area contributed by atoms with Crippen LogP contribution in [-0.2, 0) is 6.54 Å². The van der Waals surface area contributed by atoms with Gasteiger partial charge in [-0.1, -0.05) is 6.07 Å². The molecule has 1 aliphatic rings. The lowest BCUT2D eigenvalue weighted by Gasteiger charge is -2.32. The van der Waals surface area contributed by atoms with Crippen molar-refractivity contribution in [3.8, 4) is 0 Å². The van der Waals surface area contributed by atoms with Crippen molar-refractivity contribution in [1.29, 1.82) is 0 Å². The number of aromatic nitrogens is 1. The first kappa shape index (κ1) is 16.7. The molecule has 0 radical (unpaired) electrons. The number of carbonyl (C=O) groups excluding carboxylic acids is 1. The number of piperidine rings is 1. The summed E-state index contributed by atoms with van der Waals surface area (Å²) < 4.78 is 1.13. The van der Waals surface area contributed by atoms with Crippen LogP contribution in [0.4, 0.5) is 0 Å². The van der Waals surface area contributed by atoms with E-state index in [-0.39, 0.29) is 11.9 Å². The van der Waals surface area contributed by atoms with Crippen molar-refractivity contribution in [3.05, 3.63) is 51.2 Å². The van der Waals surface area contributed by atoms with Crippen LogP contribution < -0.4 is 5.32 Å². The number of carbonyl (C=O) groups is 1. The van der Waals surface area contributed by atoms with Crippen LogP contribution >= 0.6 is 22.7 Å². The Labute approximate surface area is 155 Å². The fraction of sp³-hybridized carbons (Fsp3) is 0.368. The van der Waals surface area contributed by atoms with Crippen LogP contribution in [0.2, 0.25) is 0 Å². The summed E-state index contributed by atoms with van der Waals surface area (Å²) in [6.45, 7) is 5.00. The fourth-order valence-corrected chi connectivity index (χ4v) is 4.95. The molecule has 25 heavy (non-hydrogen) atoms. The molecule has 2 aromatic heterocycles. The van der Waals surface area contributed by atoms with Crippen LogP contribution in [0.5, 0.6) is 0 Å². The normalized spacial score (nSPS) is 18.5. The molecule has 0 saturated carbocycles. The number of likely N-dealkylation sites (tertiary alicyclic amines) is 1. The van der Waals surface area contributed by atoms with E-state index in [0.29, 0.717) is 5.56 Å². The maximum absolute atomic E-state index is 12.6. The lowest BCUT2D eigenvalue weighted by Crippen LogP contribution is -2.47. The smallest absolute Gasteiger partial charge is 0.251 e. The largest absolute Gasteiger partial charge is 0.348 e. The average Bonchev–Trinajstić information content (AvgIpc) is 3.22. The molecule has 1 aliphatic heterocycles. The Morgan fingerprint density at radius 3 is 3.16 bits per heavy atom. The van der Waals surface area contributed by atoms with Gasteiger partial charge in [0.15, 0.2) is 0 Å². The van der Waals surface area contributed by atoms with Gasteiger partial charge in [-0.25, -0.2) is 4.98 Å². The molecule has 0 aliphatic carbocycles. The highest BCUT2D eigenvalue weighted by molar-refractivity contribution is 7.18. The minimum Gasteiger partial charge on any atom is -0.348 e. The molecule has 1 N–H and O–H groups in total. The summed E-state index contributed by atoms with van der Waals surface area (Å²) in [5.74, 6) is 0.00975. The van der Waals surface area contributed by atoms with Crippen molar-refractivity contribution in [3.63, 3.8) is 0 Å². The van der Waals surface area contributed by atoms with Crippen molar-refractivity contribution < 1.29 is 4.79 Å². The number of hydrogen-bond donors (Lipinski definition) is 1. The lowest BCUT2D eigenvalue weighted by atomic mass is 10.0. The molecular weight excluding hydrogens is 350 g/mol. The molecule has 4 rings (SSSR count). The summed E-state index contributed by atoms with van der Waals surface area (Å²) in [5, 5.41) is 6.37. The molecule has 3 heterocycles. The summed E-state index contributed by atoms with van der Waals surface area (Å²) in [6, 6.07) is 10.3. The zero-order chi connectivity index (χ0) is 17.2. The van der Waals surface area contributed by atoms with Gasteiger partial charge in [-0.15, -0.1) is 22.7 Å². The summed E-state index contributed by atoms with van der Waals surface area (Å²) in [6.07, 6.45) is 2.17. The Morgan fingerprint density at radius 1 is 1.40 bits per heavy atom. The van der Waals surface area contributed by atoms with Crippen LogP contribution in [-0.4, -0.2) is 34.9 Å². The van der Waals surface area contributed by atoms with Crippen LogP contribution in [0, 0.1) is 6.92 Å². The highest BCUT2D eigenvalue weighted by Crippen LogP contribution is 2.23. The van der Waals surface area contributed by atoms with Gasteiger partial charge in [0.05, 0.1) is 15.2 Å². The number of hydrogen-bond acceptors (Lipinski definition) is 5. The van der Waals surface area contributed by atoms with Crippen molar-refractivity contribution in [2.75, 3.05) is 13.1 Å². The third kappa shape index (κ3) is 3.92. The molecule has 4 nitrogen and oxygen atoms in total. The van der Waals surface area contributed by atoms with Gasteiger partial charge in [0.25, 0.3) is 5.91 Å². The molecule has 1 aromatic carbocycles. The van der Waals surface area contributed by atoms with Gasteiger partial charge in [0.1, 0.15) is 0 Å². The number of nitrogens with one attached hydrogen (secondary N) is 1. The van der Waals surface area contributed by atoms with Crippen LogP contribution in [0.25, 0.3) is 10.2 Å². The van der Waals surface area contributed by atoms with Gasteiger partial charge in [0.2, 0.25) is 0 Å². The van der Waals surface area contributed by atoms with Crippen molar-refractivity contribution in [1.82, 2.24) is 15.2 Å². The molecule has 0 bridgehead atoms. The minimum absolute atomic E-state index is 0.00975. The van der Waals surface area contributed by atoms with E-state index >= 15 is 0 Å². The molecule has 3 aromatic rings. The second-order valence-corrected chi connectivity index (χ2v) is 8.81. The standard InChI is InChI=1S/C19H21N3OS2/c1-13-20-17-10-14(6-7-18(17)25-13)19(23)21-15-4-2-8-22(11-15)12-16-5-3-9-24-16/h3,5-7,9-10,15H,2,4,8,11-12H2,1H3,(H,21,23). The first-order valence-electron chi connectivity index (χ1n) is 8.60. The predicted molar refractivity (Wildman–Crippen MR) is 104 cm³/mol. The fourth-order valence-electron chi connectivity index (χ4n) is 3.39. The zero-order valence-electron chi connectivity index (χ0n) is 14.2. The van der Waals surface area contributed by atoms with Gasteiger partial charge < -0.3 is 5.32 Å². The molecule has 1 unspecified atom stereocenters. The van der Waals surface area contributed by atoms with E-state index in [0.717, 1.165) is 47.7 Å². The molecule has 1 amide bonds. The second-order valence-electron chi connectivity index (χ2n) is 6.54. The van der Waals surface area contributed by atoms with E-state index in [9.17, 15) is 4.79 Å². The third-order valence-electron chi connectivity index (χ3n) is 4.56. The molecular formula is C19H21N3OS2. The van der Waals surface area contributed by atoms with E-state index in [1.165, 1.54) is 4.88 Å². The Morgan fingerprint density at radius 2 is 2.32 bits per heavy atom. The Balaban J connectivity index is 1.40. The van der Waals surface area contributed by atoms with Gasteiger partial charge in [-0.2, -0.15) is 0 Å². The number of nitrogens with zero attached hydrogens (tertiary/aromatic N) is 2. The van der Waals surface area contributed by atoms with E-state index in [1.807, 2.05) is 25.1 Å². The van der Waals surface area contributed by atoms with Gasteiger partial charge >= 0.3 is 0 Å². The van der Waals surface area contributed by atoms with Crippen LogP contribution in [0.1, 0.15) is 33.1 Å². The van der Waals surface area contributed by atoms with Crippen LogP contribution in [0.15, 0.2) is 35.7 Å². The highest BCUT2D eigenvalue weighted by Gasteiger charge is 2.22. The first-order chi connectivity index (χ1) is 12.2. The number of benzene rings is 1. The molecule has 1 atom stereocenters. The monoisotopic (exact) mass is 371 g/mol. The van der Waals surface area contributed by atoms with Gasteiger partial charge in [-0.3, -0.25) is 9.69 Å². The number of fused-ring (bicyclic) bond motifs is 1. The zero-order valence-corrected chi connectivity index (χ0v) is 15.8. The lowest BCUT2D eigenvalue weighted by molar-refractivity contribution is 0.0901. The van der Waals surface area contributed by atoms with E-state index < -0.39 is 0 Å². The minimum atomic E-state index is 0.00975. The maximum atomic E-state index is 12.6. The molecule has 0 spiro atoms. The molecule has 1 fully saturated rings. The summed E-state index contributed by atoms with van der Waals surface area (Å²) in [7, 11) is 0. The van der Waals surface area contributed by atoms with E-state index in [2.05, 4.69) is 32.7 Å². The molecule has 1 saturated heterocycles. The Bertz CT molecular complexity index is 872. The van der Waals surface area contributed by atoms with Crippen molar-refractivity contribution in [2.24, 2.45) is 0 Å². The second kappa shape index (κ2) is 7.23. The van der Waals surface area contributed by atoms with Gasteiger partial charge in [0, 0.05) is 29.6 Å². The SMILES string of the molecule is Cc1nc2cc(C(=O)NC3CCCN(Cc4cccs4)C3)ccc2s1. The summed E-state index contributed by atoms with van der Waals surface area (Å²) >= 11 is 3.46. The van der Waals surface area contributed by atoms with Crippen molar-refractivity contribution >= 4 is 38.8 Å². The molecule has 130 valence electrons. The Kier molecular flexibility index (Phi) is 4.83. The Hall–Kier alpha value is -1.76. The van der Waals surface area contributed by atoms with E-state index in [1.54, 1.807) is 22.7 Å². The topological polar surface area (TPSA) is 45.2 Å². The number of amides is 1. The predicted octanol–water partition coefficient (Wildman–Crippen LogP) is 4.06. The highest BCUT2D eigenvalue weighted by atomic mass is 32.1. The average molecular weight is 372 g/mol. The maximum Gasteiger partial charge on any atom is 0.251 e. The quantitative estimate of drug-likeness (QED) is 0.752. The number of thiazole rings is 1. The molecule has 6 heteroatoms. The summed E-state index contributed by atoms with van der Waals surface area (Å²) in [4.78, 5) is 20.9. The number of rotatable bonds is 4. The first-order valence-corrected chi connectivity index (χ1v) is 10.3. The summed E-state index contributed by atoms with van der Waals surface area (Å²) in [5.41, 5.74) is 1.62. The number of thiophene rings is 1. The van der Waals surface area contributed by atoms with Gasteiger partial charge in [-0.05, 0) is 56.0 Å². The number of aryl methyl sites for hydroxylation is 1. The van der Waals surface area contributed by atoms with E-state index in [4.69, 9.17) is 0 Å². The van der Waals surface area contributed by atoms with Crippen LogP contribution in [0.3, 0.4) is 0 Å².